The van der Waals surface area contributed by atoms with E-state index in [2.05, 4.69) is 36.9 Å². The first-order chi connectivity index (χ1) is 16.7. The van der Waals surface area contributed by atoms with Crippen LogP contribution in [0.1, 0.15) is 28.5 Å². The van der Waals surface area contributed by atoms with Gasteiger partial charge in [0.25, 0.3) is 0 Å². The maximum absolute atomic E-state index is 12.7. The largest absolute Gasteiger partial charge is 0.481 e. The van der Waals surface area contributed by atoms with E-state index in [0.29, 0.717) is 23.4 Å². The Balaban J connectivity index is 1.56. The summed E-state index contributed by atoms with van der Waals surface area (Å²) in [6, 6.07) is 27.2. The first-order valence-corrected chi connectivity index (χ1v) is 10.9. The van der Waals surface area contributed by atoms with E-state index in [9.17, 15) is 9.90 Å². The van der Waals surface area contributed by atoms with Crippen LogP contribution in [0, 0.1) is 0 Å². The number of H-pyrrole nitrogens is 2. The number of rotatable bonds is 8. The van der Waals surface area contributed by atoms with Crippen LogP contribution in [0.15, 0.2) is 91.1 Å². The number of tetrazole rings is 1. The Morgan fingerprint density at radius 1 is 0.882 bits per heavy atom. The SMILES string of the molecule is O=C(O)C(c1cccc(-c2nn[nH]n2)c1)C(Cc1cccc(-c2ccn[nH]2)c1)c1ccccc1. The van der Waals surface area contributed by atoms with Crippen molar-refractivity contribution in [2.75, 3.05) is 0 Å². The Bertz CT molecular complexity index is 1370. The van der Waals surface area contributed by atoms with Crippen LogP contribution in [0.5, 0.6) is 0 Å². The smallest absolute Gasteiger partial charge is 0.311 e. The normalized spacial score (nSPS) is 12.8. The minimum absolute atomic E-state index is 0.295. The molecule has 0 bridgehead atoms. The summed E-state index contributed by atoms with van der Waals surface area (Å²) in [5, 5.41) is 31.6. The quantitative estimate of drug-likeness (QED) is 0.321. The van der Waals surface area contributed by atoms with Crippen LogP contribution in [0.2, 0.25) is 0 Å². The number of nitrogens with one attached hydrogen (secondary N) is 2. The lowest BCUT2D eigenvalue weighted by atomic mass is 9.77. The molecule has 2 heterocycles. The zero-order valence-electron chi connectivity index (χ0n) is 18.2. The van der Waals surface area contributed by atoms with E-state index in [1.54, 1.807) is 6.20 Å². The van der Waals surface area contributed by atoms with Crippen molar-refractivity contribution >= 4 is 5.97 Å². The number of aliphatic carboxylic acids is 1. The van der Waals surface area contributed by atoms with Gasteiger partial charge in [0.1, 0.15) is 0 Å². The third kappa shape index (κ3) is 4.47. The fourth-order valence-electron chi connectivity index (χ4n) is 4.37. The second-order valence-corrected chi connectivity index (χ2v) is 8.07. The van der Waals surface area contributed by atoms with Crippen molar-refractivity contribution in [3.05, 3.63) is 108 Å². The molecule has 0 saturated carbocycles. The highest BCUT2D eigenvalue weighted by atomic mass is 16.4. The van der Waals surface area contributed by atoms with E-state index in [0.717, 1.165) is 22.4 Å². The fraction of sp³-hybridized carbons (Fsp3) is 0.115. The molecule has 3 N–H and O–H groups in total. The first kappa shape index (κ1) is 21.3. The summed E-state index contributed by atoms with van der Waals surface area (Å²) < 4.78 is 0. The molecule has 0 aliphatic rings. The maximum atomic E-state index is 12.7. The Morgan fingerprint density at radius 3 is 2.41 bits per heavy atom. The average Bonchev–Trinajstić information content (AvgIpc) is 3.59. The third-order valence-electron chi connectivity index (χ3n) is 5.94. The summed E-state index contributed by atoms with van der Waals surface area (Å²) >= 11 is 0. The monoisotopic (exact) mass is 450 g/mol. The molecule has 0 radical (unpaired) electrons. The van der Waals surface area contributed by atoms with Crippen LogP contribution in [0.3, 0.4) is 0 Å². The maximum Gasteiger partial charge on any atom is 0.311 e. The number of carboxylic acids is 1. The Morgan fingerprint density at radius 2 is 1.68 bits per heavy atom. The highest BCUT2D eigenvalue weighted by Crippen LogP contribution is 2.37. The summed E-state index contributed by atoms with van der Waals surface area (Å²) in [6.07, 6.45) is 2.27. The van der Waals surface area contributed by atoms with Gasteiger partial charge in [0.15, 0.2) is 0 Å². The number of benzene rings is 3. The topological polar surface area (TPSA) is 120 Å². The molecule has 0 fully saturated rings. The highest BCUT2D eigenvalue weighted by Gasteiger charge is 2.31. The molecule has 8 nitrogen and oxygen atoms in total. The minimum atomic E-state index is -0.885. The number of aromatic amines is 2. The van der Waals surface area contributed by atoms with E-state index < -0.39 is 11.9 Å². The molecule has 3 aromatic carbocycles. The molecule has 2 unspecified atom stereocenters. The molecule has 0 amide bonds. The average molecular weight is 451 g/mol. The van der Waals surface area contributed by atoms with Crippen LogP contribution < -0.4 is 0 Å². The van der Waals surface area contributed by atoms with Gasteiger partial charge < -0.3 is 5.11 Å². The molecule has 2 aromatic heterocycles. The summed E-state index contributed by atoms with van der Waals surface area (Å²) in [7, 11) is 0. The second kappa shape index (κ2) is 9.50. The zero-order valence-corrected chi connectivity index (χ0v) is 18.2. The van der Waals surface area contributed by atoms with Gasteiger partial charge in [-0.1, -0.05) is 66.7 Å². The van der Waals surface area contributed by atoms with Crippen molar-refractivity contribution in [1.29, 1.82) is 0 Å². The molecular weight excluding hydrogens is 428 g/mol. The van der Waals surface area contributed by atoms with Crippen molar-refractivity contribution in [2.45, 2.75) is 18.3 Å². The molecule has 5 rings (SSSR count). The molecule has 0 aliphatic carbocycles. The van der Waals surface area contributed by atoms with Gasteiger partial charge in [-0.05, 0) is 52.1 Å². The van der Waals surface area contributed by atoms with Gasteiger partial charge in [0.2, 0.25) is 5.82 Å². The predicted octanol–water partition coefficient (Wildman–Crippen LogP) is 4.45. The third-order valence-corrected chi connectivity index (χ3v) is 5.94. The molecule has 2 atom stereocenters. The molecule has 0 aliphatic heterocycles. The number of aromatic nitrogens is 6. The van der Waals surface area contributed by atoms with Gasteiger partial charge >= 0.3 is 5.97 Å². The van der Waals surface area contributed by atoms with Gasteiger partial charge in [-0.15, -0.1) is 10.2 Å². The van der Waals surface area contributed by atoms with Gasteiger partial charge in [-0.3, -0.25) is 9.89 Å². The fourth-order valence-corrected chi connectivity index (χ4v) is 4.37. The van der Waals surface area contributed by atoms with Crippen LogP contribution in [0.4, 0.5) is 0 Å². The molecule has 8 heteroatoms. The lowest BCUT2D eigenvalue weighted by Gasteiger charge is -2.26. The summed E-state index contributed by atoms with van der Waals surface area (Å²) in [6.45, 7) is 0. The second-order valence-electron chi connectivity index (χ2n) is 8.07. The van der Waals surface area contributed by atoms with E-state index in [1.807, 2.05) is 78.9 Å². The zero-order chi connectivity index (χ0) is 23.3. The lowest BCUT2D eigenvalue weighted by Crippen LogP contribution is -2.22. The number of carbonyl (C=O) groups is 1. The van der Waals surface area contributed by atoms with Crippen LogP contribution in [-0.4, -0.2) is 41.9 Å². The molecule has 5 aromatic rings. The predicted molar refractivity (Wildman–Crippen MR) is 127 cm³/mol. The first-order valence-electron chi connectivity index (χ1n) is 10.9. The van der Waals surface area contributed by atoms with E-state index in [-0.39, 0.29) is 5.92 Å². The Labute approximate surface area is 195 Å². The van der Waals surface area contributed by atoms with Crippen molar-refractivity contribution < 1.29 is 9.90 Å². The van der Waals surface area contributed by atoms with E-state index in [1.165, 1.54) is 0 Å². The lowest BCUT2D eigenvalue weighted by molar-refractivity contribution is -0.139. The minimum Gasteiger partial charge on any atom is -0.481 e. The number of carboxylic acid groups (broad SMARTS) is 1. The summed E-state index contributed by atoms with van der Waals surface area (Å²) in [5.41, 5.74) is 5.33. The number of nitrogens with zero attached hydrogens (tertiary/aromatic N) is 4. The van der Waals surface area contributed by atoms with Gasteiger partial charge in [0.05, 0.1) is 11.6 Å². The van der Waals surface area contributed by atoms with Gasteiger partial charge in [0, 0.05) is 17.7 Å². The van der Waals surface area contributed by atoms with Crippen LogP contribution in [-0.2, 0) is 11.2 Å². The molecular formula is C26H22N6O2. The summed E-state index contributed by atoms with van der Waals surface area (Å²) in [5.74, 6) is -1.53. The number of hydrogen-bond acceptors (Lipinski definition) is 5. The highest BCUT2D eigenvalue weighted by molar-refractivity contribution is 5.78. The van der Waals surface area contributed by atoms with Crippen molar-refractivity contribution in [1.82, 2.24) is 30.8 Å². The Hall–Kier alpha value is -4.59. The molecule has 168 valence electrons. The number of hydrogen-bond donors (Lipinski definition) is 3. The summed E-state index contributed by atoms with van der Waals surface area (Å²) in [4.78, 5) is 12.7. The molecule has 34 heavy (non-hydrogen) atoms. The van der Waals surface area contributed by atoms with E-state index >= 15 is 0 Å². The van der Waals surface area contributed by atoms with Crippen molar-refractivity contribution in [3.8, 4) is 22.6 Å². The molecule has 0 spiro atoms. The van der Waals surface area contributed by atoms with Crippen LogP contribution >= 0.6 is 0 Å². The van der Waals surface area contributed by atoms with Crippen LogP contribution in [0.25, 0.3) is 22.6 Å². The standard InChI is InChI=1S/C26H22N6O2/c33-26(34)24(20-10-5-11-21(16-20)25-29-31-32-30-25)22(18-7-2-1-3-8-18)15-17-6-4-9-19(14-17)23-12-13-27-28-23/h1-14,16,22,24H,15H2,(H,27,28)(H,33,34)(H,29,30,31,32). The van der Waals surface area contributed by atoms with Crippen molar-refractivity contribution in [2.24, 2.45) is 0 Å². The van der Waals surface area contributed by atoms with Gasteiger partial charge in [-0.25, -0.2) is 0 Å². The van der Waals surface area contributed by atoms with Gasteiger partial charge in [-0.2, -0.15) is 10.3 Å². The van der Waals surface area contributed by atoms with Crippen molar-refractivity contribution in [3.63, 3.8) is 0 Å². The molecule has 0 saturated heterocycles. The van der Waals surface area contributed by atoms with E-state index in [4.69, 9.17) is 0 Å². The Kier molecular flexibility index (Phi) is 5.94.